The molecule has 2 N–H and O–H groups in total. The normalized spacial score (nSPS) is 12.3. The standard InChI is InChI=1S/C22H19NO5S/c1-27-11-13-10-19(29-20(13)21(24)25)23-22(26)28-12-18-16-8-4-2-6-14(16)15-7-3-5-9-17(15)18/h2-10,18H,11-12H2,1H3,(H,23,26)(H,24,25). The van der Waals surface area contributed by atoms with E-state index in [2.05, 4.69) is 29.6 Å². The number of nitrogens with one attached hydrogen (secondary N) is 1. The van der Waals surface area contributed by atoms with Crippen LogP contribution in [0.3, 0.4) is 0 Å². The molecule has 0 saturated carbocycles. The van der Waals surface area contributed by atoms with E-state index in [4.69, 9.17) is 9.47 Å². The Kier molecular flexibility index (Phi) is 5.33. The van der Waals surface area contributed by atoms with Crippen LogP contribution in [0, 0.1) is 0 Å². The minimum Gasteiger partial charge on any atom is -0.477 e. The Bertz CT molecular complexity index is 1030. The first kappa shape index (κ1) is 19.2. The Hall–Kier alpha value is -3.16. The number of rotatable bonds is 6. The third-order valence-electron chi connectivity index (χ3n) is 4.87. The second-order valence-electron chi connectivity index (χ2n) is 6.65. The fraction of sp³-hybridized carbons (Fsp3) is 0.182. The van der Waals surface area contributed by atoms with Gasteiger partial charge < -0.3 is 14.6 Å². The number of thiophene rings is 1. The van der Waals surface area contributed by atoms with Gasteiger partial charge in [0.15, 0.2) is 0 Å². The van der Waals surface area contributed by atoms with Crippen LogP contribution < -0.4 is 5.32 Å². The molecule has 0 spiro atoms. The van der Waals surface area contributed by atoms with Crippen molar-refractivity contribution in [1.82, 2.24) is 0 Å². The fourth-order valence-electron chi connectivity index (χ4n) is 3.67. The number of anilines is 1. The molecule has 0 saturated heterocycles. The minimum atomic E-state index is -1.05. The van der Waals surface area contributed by atoms with Crippen LogP contribution in [0.4, 0.5) is 9.80 Å². The van der Waals surface area contributed by atoms with E-state index in [9.17, 15) is 14.7 Å². The number of ether oxygens (including phenoxy) is 2. The highest BCUT2D eigenvalue weighted by molar-refractivity contribution is 7.18. The van der Waals surface area contributed by atoms with Gasteiger partial charge in [-0.25, -0.2) is 9.59 Å². The van der Waals surface area contributed by atoms with E-state index in [0.717, 1.165) is 33.6 Å². The summed E-state index contributed by atoms with van der Waals surface area (Å²) in [7, 11) is 1.49. The molecule has 1 heterocycles. The van der Waals surface area contributed by atoms with Gasteiger partial charge in [0.05, 0.1) is 11.6 Å². The zero-order valence-electron chi connectivity index (χ0n) is 15.7. The predicted octanol–water partition coefficient (Wildman–Crippen LogP) is 4.95. The highest BCUT2D eigenvalue weighted by Crippen LogP contribution is 2.44. The summed E-state index contributed by atoms with van der Waals surface area (Å²) in [5.74, 6) is -1.09. The molecule has 0 radical (unpaired) electrons. The minimum absolute atomic E-state index is 0.0323. The molecule has 4 rings (SSSR count). The highest BCUT2D eigenvalue weighted by atomic mass is 32.1. The van der Waals surface area contributed by atoms with Gasteiger partial charge in [0, 0.05) is 18.6 Å². The molecule has 148 valence electrons. The van der Waals surface area contributed by atoms with E-state index in [-0.39, 0.29) is 24.0 Å². The van der Waals surface area contributed by atoms with E-state index < -0.39 is 12.1 Å². The van der Waals surface area contributed by atoms with Crippen molar-refractivity contribution in [1.29, 1.82) is 0 Å². The molecular weight excluding hydrogens is 390 g/mol. The van der Waals surface area contributed by atoms with Crippen molar-refractivity contribution in [2.45, 2.75) is 12.5 Å². The summed E-state index contributed by atoms with van der Waals surface area (Å²) >= 11 is 0.980. The lowest BCUT2D eigenvalue weighted by Gasteiger charge is -2.14. The van der Waals surface area contributed by atoms with Crippen LogP contribution in [0.5, 0.6) is 0 Å². The number of fused-ring (bicyclic) bond motifs is 3. The SMILES string of the molecule is COCc1cc(NC(=O)OCC2c3ccccc3-c3ccccc32)sc1C(=O)O. The summed E-state index contributed by atoms with van der Waals surface area (Å²) in [6, 6.07) is 17.8. The maximum Gasteiger partial charge on any atom is 0.412 e. The molecular formula is C22H19NO5S. The van der Waals surface area contributed by atoms with Crippen LogP contribution in [-0.4, -0.2) is 30.9 Å². The maximum atomic E-state index is 12.3. The van der Waals surface area contributed by atoms with Crippen molar-refractivity contribution in [3.8, 4) is 11.1 Å². The van der Waals surface area contributed by atoms with Gasteiger partial charge in [-0.05, 0) is 28.3 Å². The first-order valence-corrected chi connectivity index (χ1v) is 9.87. The summed E-state index contributed by atoms with van der Waals surface area (Å²) < 4.78 is 10.5. The molecule has 1 aliphatic carbocycles. The molecule has 0 bridgehead atoms. The van der Waals surface area contributed by atoms with Gasteiger partial charge in [0.2, 0.25) is 0 Å². The van der Waals surface area contributed by atoms with E-state index >= 15 is 0 Å². The number of carboxylic acids is 1. The van der Waals surface area contributed by atoms with Crippen molar-refractivity contribution in [2.24, 2.45) is 0 Å². The van der Waals surface area contributed by atoms with Crippen LogP contribution in [0.15, 0.2) is 54.6 Å². The van der Waals surface area contributed by atoms with E-state index in [1.54, 1.807) is 6.07 Å². The van der Waals surface area contributed by atoms with Crippen molar-refractivity contribution in [2.75, 3.05) is 19.0 Å². The van der Waals surface area contributed by atoms with Crippen LogP contribution in [-0.2, 0) is 16.1 Å². The Labute approximate surface area is 171 Å². The summed E-state index contributed by atoms with van der Waals surface area (Å²) in [4.78, 5) is 23.8. The van der Waals surface area contributed by atoms with Gasteiger partial charge in [-0.1, -0.05) is 48.5 Å². The van der Waals surface area contributed by atoms with Gasteiger partial charge in [-0.15, -0.1) is 11.3 Å². The number of carboxylic acid groups (broad SMARTS) is 1. The number of benzene rings is 2. The molecule has 1 aromatic heterocycles. The third-order valence-corrected chi connectivity index (χ3v) is 5.95. The van der Waals surface area contributed by atoms with Crippen LogP contribution in [0.1, 0.15) is 32.3 Å². The maximum absolute atomic E-state index is 12.3. The number of carbonyl (C=O) groups excluding carboxylic acids is 1. The number of hydrogen-bond acceptors (Lipinski definition) is 5. The number of hydrogen-bond donors (Lipinski definition) is 2. The van der Waals surface area contributed by atoms with Gasteiger partial charge in [0.1, 0.15) is 11.5 Å². The van der Waals surface area contributed by atoms with Crippen LogP contribution in [0.25, 0.3) is 11.1 Å². The summed E-state index contributed by atoms with van der Waals surface area (Å²) in [5, 5.41) is 12.3. The smallest absolute Gasteiger partial charge is 0.412 e. The average molecular weight is 409 g/mol. The van der Waals surface area contributed by atoms with Crippen molar-refractivity contribution in [3.05, 3.63) is 76.2 Å². The molecule has 7 heteroatoms. The second kappa shape index (κ2) is 8.06. The van der Waals surface area contributed by atoms with Gasteiger partial charge in [0.25, 0.3) is 0 Å². The second-order valence-corrected chi connectivity index (χ2v) is 7.71. The summed E-state index contributed by atoms with van der Waals surface area (Å²) in [6.45, 7) is 0.354. The zero-order valence-corrected chi connectivity index (χ0v) is 16.5. The number of methoxy groups -OCH3 is 1. The molecule has 3 aromatic rings. The monoisotopic (exact) mass is 409 g/mol. The van der Waals surface area contributed by atoms with E-state index in [1.165, 1.54) is 7.11 Å². The zero-order chi connectivity index (χ0) is 20.4. The first-order valence-electron chi connectivity index (χ1n) is 9.05. The number of aromatic carboxylic acids is 1. The van der Waals surface area contributed by atoms with Crippen molar-refractivity contribution < 1.29 is 24.2 Å². The Morgan fingerprint density at radius 2 is 1.69 bits per heavy atom. The van der Waals surface area contributed by atoms with Gasteiger partial charge >= 0.3 is 12.1 Å². The lowest BCUT2D eigenvalue weighted by Crippen LogP contribution is -2.17. The molecule has 1 amide bonds. The van der Waals surface area contributed by atoms with E-state index in [1.807, 2.05) is 24.3 Å². The first-order chi connectivity index (χ1) is 14.1. The molecule has 6 nitrogen and oxygen atoms in total. The van der Waals surface area contributed by atoms with Crippen LogP contribution >= 0.6 is 11.3 Å². The molecule has 29 heavy (non-hydrogen) atoms. The highest BCUT2D eigenvalue weighted by Gasteiger charge is 2.29. The lowest BCUT2D eigenvalue weighted by atomic mass is 9.98. The molecule has 2 aromatic carbocycles. The van der Waals surface area contributed by atoms with Crippen LogP contribution in [0.2, 0.25) is 0 Å². The third kappa shape index (κ3) is 3.74. The Morgan fingerprint density at radius 1 is 1.07 bits per heavy atom. The summed E-state index contributed by atoms with van der Waals surface area (Å²) in [5.41, 5.74) is 5.09. The Morgan fingerprint density at radius 3 is 2.28 bits per heavy atom. The molecule has 0 fully saturated rings. The lowest BCUT2D eigenvalue weighted by molar-refractivity contribution is 0.0697. The number of carbonyl (C=O) groups is 2. The molecule has 0 unspecified atom stereocenters. The predicted molar refractivity (Wildman–Crippen MR) is 111 cm³/mol. The molecule has 0 atom stereocenters. The molecule has 0 aliphatic heterocycles. The van der Waals surface area contributed by atoms with Crippen molar-refractivity contribution >= 4 is 28.4 Å². The van der Waals surface area contributed by atoms with Gasteiger partial charge in [-0.3, -0.25) is 5.32 Å². The number of amides is 1. The molecule has 1 aliphatic rings. The van der Waals surface area contributed by atoms with Crippen molar-refractivity contribution in [3.63, 3.8) is 0 Å². The summed E-state index contributed by atoms with van der Waals surface area (Å²) in [6.07, 6.45) is -0.617. The quantitative estimate of drug-likeness (QED) is 0.601. The Balaban J connectivity index is 1.47. The van der Waals surface area contributed by atoms with Gasteiger partial charge in [-0.2, -0.15) is 0 Å². The average Bonchev–Trinajstić information content (AvgIpc) is 3.26. The van der Waals surface area contributed by atoms with E-state index in [0.29, 0.717) is 10.6 Å². The fourth-order valence-corrected chi connectivity index (χ4v) is 4.56. The topological polar surface area (TPSA) is 84.9 Å². The largest absolute Gasteiger partial charge is 0.477 e.